The molecule has 0 atom stereocenters. The minimum atomic E-state index is -3.77. The van der Waals surface area contributed by atoms with Crippen LogP contribution >= 0.6 is 11.8 Å². The van der Waals surface area contributed by atoms with Crippen molar-refractivity contribution in [1.29, 1.82) is 0 Å². The summed E-state index contributed by atoms with van der Waals surface area (Å²) in [4.78, 5) is 25.5. The first-order valence-electron chi connectivity index (χ1n) is 10.6. The van der Waals surface area contributed by atoms with E-state index in [0.29, 0.717) is 23.6 Å². The van der Waals surface area contributed by atoms with Gasteiger partial charge in [-0.2, -0.15) is 0 Å². The summed E-state index contributed by atoms with van der Waals surface area (Å²) >= 11 is 0.946. The molecule has 2 aromatic rings. The first kappa shape index (κ1) is 24.3. The molecule has 2 aromatic carbocycles. The molecule has 1 heterocycles. The van der Waals surface area contributed by atoms with E-state index in [-0.39, 0.29) is 21.5 Å². The smallest absolute Gasteiger partial charge is 0.261 e. The van der Waals surface area contributed by atoms with Gasteiger partial charge in [-0.25, -0.2) is 8.42 Å². The highest BCUT2D eigenvalue weighted by Crippen LogP contribution is 2.20. The lowest BCUT2D eigenvalue weighted by atomic mass is 10.1. The van der Waals surface area contributed by atoms with Gasteiger partial charge < -0.3 is 4.74 Å². The van der Waals surface area contributed by atoms with E-state index in [1.165, 1.54) is 50.5 Å². The third-order valence-corrected chi connectivity index (χ3v) is 7.33. The second-order valence-corrected chi connectivity index (χ2v) is 10.4. The van der Waals surface area contributed by atoms with Crippen LogP contribution in [0.5, 0.6) is 5.75 Å². The maximum atomic E-state index is 12.7. The van der Waals surface area contributed by atoms with Crippen LogP contribution in [0.2, 0.25) is 0 Å². The summed E-state index contributed by atoms with van der Waals surface area (Å²) in [6, 6.07) is 12.5. The number of Topliss-reactive ketones (excluding diaryl/α,β-unsaturated/α-hetero) is 1. The van der Waals surface area contributed by atoms with Crippen LogP contribution in [0.25, 0.3) is 0 Å². The van der Waals surface area contributed by atoms with Gasteiger partial charge in [0, 0.05) is 24.7 Å². The van der Waals surface area contributed by atoms with Gasteiger partial charge in [0.15, 0.2) is 10.9 Å². The van der Waals surface area contributed by atoms with Crippen molar-refractivity contribution in [2.75, 3.05) is 36.7 Å². The Kier molecular flexibility index (Phi) is 8.72. The van der Waals surface area contributed by atoms with E-state index in [2.05, 4.69) is 9.62 Å². The van der Waals surface area contributed by atoms with Gasteiger partial charge in [0.05, 0.1) is 10.6 Å². The van der Waals surface area contributed by atoms with Crippen molar-refractivity contribution < 1.29 is 22.7 Å². The number of piperidine rings is 1. The molecule has 0 radical (unpaired) electrons. The molecule has 0 spiro atoms. The first-order chi connectivity index (χ1) is 15.3. The van der Waals surface area contributed by atoms with Crippen LogP contribution in [0.15, 0.2) is 53.4 Å². The Morgan fingerprint density at radius 1 is 1.00 bits per heavy atom. The highest BCUT2D eigenvalue weighted by molar-refractivity contribution is 8.14. The van der Waals surface area contributed by atoms with E-state index in [1.807, 2.05) is 0 Å². The molecule has 0 bridgehead atoms. The Morgan fingerprint density at radius 2 is 1.66 bits per heavy atom. The van der Waals surface area contributed by atoms with Crippen molar-refractivity contribution in [2.45, 2.75) is 31.1 Å². The summed E-state index contributed by atoms with van der Waals surface area (Å²) in [5, 5.41) is -0.124. The summed E-state index contributed by atoms with van der Waals surface area (Å²) in [7, 11) is -3.77. The fourth-order valence-corrected chi connectivity index (χ4v) is 4.94. The topological polar surface area (TPSA) is 92.8 Å². The third kappa shape index (κ3) is 7.36. The lowest BCUT2D eigenvalue weighted by Gasteiger charge is -2.26. The summed E-state index contributed by atoms with van der Waals surface area (Å²) in [5.41, 5.74) is 0.774. The Morgan fingerprint density at radius 3 is 2.28 bits per heavy atom. The zero-order chi connectivity index (χ0) is 23.0. The van der Waals surface area contributed by atoms with Crippen LogP contribution < -0.4 is 9.46 Å². The number of anilines is 1. The number of hydrogen-bond donors (Lipinski definition) is 1. The zero-order valence-corrected chi connectivity index (χ0v) is 19.7. The number of sulfonamides is 1. The van der Waals surface area contributed by atoms with Crippen molar-refractivity contribution >= 4 is 38.4 Å². The summed E-state index contributed by atoms with van der Waals surface area (Å²) in [6.45, 7) is 5.06. The Hall–Kier alpha value is -2.36. The number of nitrogens with one attached hydrogen (secondary N) is 1. The van der Waals surface area contributed by atoms with Gasteiger partial charge >= 0.3 is 0 Å². The molecule has 1 aliphatic rings. The molecule has 7 nitrogen and oxygen atoms in total. The van der Waals surface area contributed by atoms with E-state index in [9.17, 15) is 18.0 Å². The SMILES string of the molecule is CC(=O)SCC(=O)c1ccc(NS(=O)(=O)c2ccc(OCCN3CCCCC3)cc2)cc1. The molecule has 0 saturated carbocycles. The van der Waals surface area contributed by atoms with Crippen LogP contribution in [-0.2, 0) is 14.8 Å². The second-order valence-electron chi connectivity index (χ2n) is 7.61. The molecule has 1 fully saturated rings. The molecule has 0 aliphatic carbocycles. The minimum absolute atomic E-state index is 0.0624. The van der Waals surface area contributed by atoms with Crippen LogP contribution in [0.1, 0.15) is 36.5 Å². The number of nitrogens with zero attached hydrogens (tertiary/aromatic N) is 1. The average molecular weight is 477 g/mol. The molecule has 1 saturated heterocycles. The van der Waals surface area contributed by atoms with E-state index in [0.717, 1.165) is 31.4 Å². The van der Waals surface area contributed by atoms with Gasteiger partial charge in [-0.05, 0) is 74.5 Å². The van der Waals surface area contributed by atoms with E-state index in [4.69, 9.17) is 4.74 Å². The van der Waals surface area contributed by atoms with Gasteiger partial charge in [0.2, 0.25) is 0 Å². The molecule has 0 aromatic heterocycles. The van der Waals surface area contributed by atoms with Crippen molar-refractivity contribution in [3.8, 4) is 5.75 Å². The largest absolute Gasteiger partial charge is 0.492 e. The quantitative estimate of drug-likeness (QED) is 0.521. The Balaban J connectivity index is 1.53. The maximum Gasteiger partial charge on any atom is 0.261 e. The van der Waals surface area contributed by atoms with Crippen molar-refractivity contribution in [2.24, 2.45) is 0 Å². The molecule has 32 heavy (non-hydrogen) atoms. The van der Waals surface area contributed by atoms with Gasteiger partial charge in [-0.1, -0.05) is 18.2 Å². The predicted molar refractivity (Wildman–Crippen MR) is 127 cm³/mol. The number of ether oxygens (including phenoxy) is 1. The van der Waals surface area contributed by atoms with Gasteiger partial charge in [0.25, 0.3) is 10.0 Å². The maximum absolute atomic E-state index is 12.7. The van der Waals surface area contributed by atoms with Crippen LogP contribution in [-0.4, -0.2) is 56.2 Å². The lowest BCUT2D eigenvalue weighted by Crippen LogP contribution is -2.33. The Labute approximate surface area is 193 Å². The lowest BCUT2D eigenvalue weighted by molar-refractivity contribution is -0.109. The average Bonchev–Trinajstić information content (AvgIpc) is 2.79. The van der Waals surface area contributed by atoms with Crippen molar-refractivity contribution in [1.82, 2.24) is 4.90 Å². The zero-order valence-electron chi connectivity index (χ0n) is 18.1. The first-order valence-corrected chi connectivity index (χ1v) is 13.0. The molecule has 3 rings (SSSR count). The molecule has 9 heteroatoms. The molecule has 1 aliphatic heterocycles. The second kappa shape index (κ2) is 11.5. The fraction of sp³-hybridized carbons (Fsp3) is 0.391. The highest BCUT2D eigenvalue weighted by atomic mass is 32.2. The van der Waals surface area contributed by atoms with Crippen molar-refractivity contribution in [3.05, 3.63) is 54.1 Å². The number of benzene rings is 2. The number of hydrogen-bond acceptors (Lipinski definition) is 7. The summed E-state index contributed by atoms with van der Waals surface area (Å²) in [5.74, 6) is 0.509. The molecular weight excluding hydrogens is 448 g/mol. The number of ketones is 1. The van der Waals surface area contributed by atoms with Gasteiger partial charge in [0.1, 0.15) is 12.4 Å². The molecule has 0 unspecified atom stereocenters. The summed E-state index contributed by atoms with van der Waals surface area (Å²) in [6.07, 6.45) is 3.76. The van der Waals surface area contributed by atoms with Crippen LogP contribution in [0, 0.1) is 0 Å². The number of carbonyl (C=O) groups is 2. The fourth-order valence-electron chi connectivity index (χ4n) is 3.38. The number of rotatable bonds is 10. The number of carbonyl (C=O) groups excluding carboxylic acids is 2. The molecular formula is C23H28N2O5S2. The van der Waals surface area contributed by atoms with Crippen molar-refractivity contribution in [3.63, 3.8) is 0 Å². The third-order valence-electron chi connectivity index (χ3n) is 5.12. The van der Waals surface area contributed by atoms with Crippen LogP contribution in [0.3, 0.4) is 0 Å². The number of thioether (sulfide) groups is 1. The monoisotopic (exact) mass is 476 g/mol. The predicted octanol–water partition coefficient (Wildman–Crippen LogP) is 3.81. The van der Waals surface area contributed by atoms with Crippen LogP contribution in [0.4, 0.5) is 5.69 Å². The van der Waals surface area contributed by atoms with E-state index < -0.39 is 10.0 Å². The standard InChI is InChI=1S/C23H28N2O5S2/c1-18(26)31-17-23(27)19-5-7-20(8-6-19)24-32(28,29)22-11-9-21(10-12-22)30-16-15-25-13-3-2-4-14-25/h5-12,24H,2-4,13-17H2,1H3. The number of likely N-dealkylation sites (tertiary alicyclic amines) is 1. The van der Waals surface area contributed by atoms with Gasteiger partial charge in [-0.15, -0.1) is 0 Å². The normalized spacial score (nSPS) is 14.7. The summed E-state index contributed by atoms with van der Waals surface area (Å²) < 4.78 is 33.6. The highest BCUT2D eigenvalue weighted by Gasteiger charge is 2.15. The molecule has 0 amide bonds. The van der Waals surface area contributed by atoms with Gasteiger partial charge in [-0.3, -0.25) is 19.2 Å². The minimum Gasteiger partial charge on any atom is -0.492 e. The Bertz CT molecular complexity index is 1020. The molecule has 172 valence electrons. The van der Waals surface area contributed by atoms with E-state index >= 15 is 0 Å². The van der Waals surface area contributed by atoms with E-state index in [1.54, 1.807) is 24.3 Å². The molecule has 1 N–H and O–H groups in total.